The van der Waals surface area contributed by atoms with E-state index >= 15 is 0 Å². The molecule has 518 valence electrons. The zero-order chi connectivity index (χ0) is 75.5. The van der Waals surface area contributed by atoms with E-state index < -0.39 is 82.9 Å². The molecule has 0 spiro atoms. The Hall–Kier alpha value is -15.3. The number of anilines is 2. The van der Waals surface area contributed by atoms with Crippen LogP contribution in [0.1, 0.15) is 209 Å². The molecule has 8 heterocycles. The summed E-state index contributed by atoms with van der Waals surface area (Å²) in [6, 6.07) is 50.2. The van der Waals surface area contributed by atoms with Gasteiger partial charge >= 0.3 is 47.8 Å². The molecule has 26 heteroatoms. The van der Waals surface area contributed by atoms with Crippen molar-refractivity contribution in [1.29, 1.82) is 0 Å². The van der Waals surface area contributed by atoms with Crippen LogP contribution in [-0.4, -0.2) is 119 Å². The summed E-state index contributed by atoms with van der Waals surface area (Å²) >= 11 is 0. The zero-order valence-electron chi connectivity index (χ0n) is 55.3. The first-order chi connectivity index (χ1) is 51.2. The standard InChI is InChI=1S/C24H14N2O5.C24H16N2O4.C17H6O7.C16H6O6/c1-12-3-2-4-15(9-12)26-23(30)17-8-6-14(11-19(17)24(26)31)20(27)13-5-7-16-18(10-13)22(29)25-21(16)28;1-13-4-3-5-16(10-13)26-23(29)18-9-7-15(12-20(18)24(26)30)14-6-8-17-19(11-14)22(28)25(2)21(17)27;18-13(7-1-3-9-11(5-7)16(21)23-14(9)19)8-2-4-10-12(6-8)17(22)24-15(10)20;17-13-9-3-1-7(5-11(9)15(19)21-13)8-2-4-10-12(6-8)16(20)22-14(10)18/h2-11H,1H3,(H,25,28,29);3-12H,1-2H3;1-6H;1-6H. The van der Waals surface area contributed by atoms with Gasteiger partial charge < -0.3 is 18.9 Å². The van der Waals surface area contributed by atoms with Crippen molar-refractivity contribution in [3.63, 3.8) is 0 Å². The quantitative estimate of drug-likeness (QED) is 0.0485. The van der Waals surface area contributed by atoms with Crippen LogP contribution in [0.3, 0.4) is 0 Å². The van der Waals surface area contributed by atoms with E-state index in [0.29, 0.717) is 55.9 Å². The molecule has 0 unspecified atom stereocenters. The van der Waals surface area contributed by atoms with Crippen molar-refractivity contribution in [3.8, 4) is 22.3 Å². The maximum Gasteiger partial charge on any atom is 0.346 e. The van der Waals surface area contributed by atoms with Crippen LogP contribution in [0.25, 0.3) is 22.3 Å². The van der Waals surface area contributed by atoms with Crippen LogP contribution in [-0.2, 0) is 18.9 Å². The highest BCUT2D eigenvalue weighted by molar-refractivity contribution is 6.36. The van der Waals surface area contributed by atoms with Gasteiger partial charge in [0.2, 0.25) is 0 Å². The van der Waals surface area contributed by atoms with Crippen LogP contribution in [0, 0.1) is 13.8 Å². The number of nitrogens with one attached hydrogen (secondary N) is 1. The Balaban J connectivity index is 0.000000115. The number of nitrogens with zero attached hydrogens (tertiary/aromatic N) is 3. The summed E-state index contributed by atoms with van der Waals surface area (Å²) in [4.78, 5) is 220. The van der Waals surface area contributed by atoms with Crippen LogP contribution >= 0.6 is 0 Å². The molecule has 18 rings (SSSR count). The average molecular weight is 1420 g/mol. The van der Waals surface area contributed by atoms with Gasteiger partial charge in [-0.15, -0.1) is 0 Å². The predicted molar refractivity (Wildman–Crippen MR) is 368 cm³/mol. The van der Waals surface area contributed by atoms with Crippen molar-refractivity contribution in [2.75, 3.05) is 16.8 Å². The molecule has 10 aromatic carbocycles. The minimum atomic E-state index is -0.812. The first kappa shape index (κ1) is 67.5. The lowest BCUT2D eigenvalue weighted by Gasteiger charge is -2.14. The van der Waals surface area contributed by atoms with Crippen molar-refractivity contribution >= 4 is 118 Å². The SMILES string of the molecule is Cc1cccc(N2C(=O)c3ccc(-c4ccc5c(c4)C(=O)N(C)C5=O)cc3C2=O)c1.Cc1cccc(N2C(=O)c3ccc(C(=O)c4ccc5c(c4)C(=O)NC5=O)cc3C2=O)c1.O=C(c1ccc2c(c1)C(=O)OC2=O)c1ccc2c(c1)C(=O)OC2=O.O=C1OC(=O)c2cc(-c3ccc4c(c3)C(=O)OC4=O)ccc21. The fraction of sp³-hybridized carbons (Fsp3) is 0.0370. The van der Waals surface area contributed by atoms with Crippen molar-refractivity contribution < 1.29 is 105 Å². The molecule has 0 bridgehead atoms. The third-order valence-corrected chi connectivity index (χ3v) is 18.4. The highest BCUT2D eigenvalue weighted by Crippen LogP contribution is 2.37. The highest BCUT2D eigenvalue weighted by Gasteiger charge is 2.41. The third-order valence-electron chi connectivity index (χ3n) is 18.4. The fourth-order valence-electron chi connectivity index (χ4n) is 13.0. The van der Waals surface area contributed by atoms with Gasteiger partial charge in [0.1, 0.15) is 0 Å². The van der Waals surface area contributed by atoms with Gasteiger partial charge in [-0.1, -0.05) is 72.8 Å². The van der Waals surface area contributed by atoms with E-state index in [1.54, 1.807) is 84.9 Å². The summed E-state index contributed by atoms with van der Waals surface area (Å²) in [5, 5.41) is 2.18. The molecule has 1 N–H and O–H groups in total. The minimum absolute atomic E-state index is 0.0154. The number of amides is 8. The molecule has 10 aromatic rings. The molecule has 0 aliphatic carbocycles. The monoisotopic (exact) mass is 1420 g/mol. The molecule has 26 nitrogen and oxygen atoms in total. The molecule has 8 aliphatic rings. The molecule has 0 fully saturated rings. The van der Waals surface area contributed by atoms with Crippen molar-refractivity contribution in [2.45, 2.75) is 13.8 Å². The Morgan fingerprint density at radius 3 is 0.916 bits per heavy atom. The van der Waals surface area contributed by atoms with Gasteiger partial charge in [0.05, 0.1) is 100 Å². The van der Waals surface area contributed by atoms with E-state index in [9.17, 15) is 86.3 Å². The summed E-state index contributed by atoms with van der Waals surface area (Å²) in [5.74, 6) is -10.2. The number of benzene rings is 10. The van der Waals surface area contributed by atoms with Crippen LogP contribution < -0.4 is 15.1 Å². The second-order valence-electron chi connectivity index (χ2n) is 25.0. The lowest BCUT2D eigenvalue weighted by molar-refractivity contribution is 0.0425. The van der Waals surface area contributed by atoms with E-state index in [4.69, 9.17) is 0 Å². The highest BCUT2D eigenvalue weighted by atomic mass is 16.6. The Morgan fingerprint density at radius 1 is 0.262 bits per heavy atom. The molecule has 0 aromatic heterocycles. The second kappa shape index (κ2) is 25.6. The van der Waals surface area contributed by atoms with Crippen molar-refractivity contribution in [1.82, 2.24) is 10.2 Å². The molecule has 8 amide bonds. The molecule has 107 heavy (non-hydrogen) atoms. The number of esters is 8. The first-order valence-corrected chi connectivity index (χ1v) is 32.1. The lowest BCUT2D eigenvalue weighted by atomic mass is 9.96. The molecular formula is C81H42N4O22. The number of imide groups is 4. The number of ether oxygens (including phenoxy) is 4. The van der Waals surface area contributed by atoms with Gasteiger partial charge in [-0.3, -0.25) is 58.2 Å². The van der Waals surface area contributed by atoms with Gasteiger partial charge in [0.15, 0.2) is 11.6 Å². The maximum absolute atomic E-state index is 13.0. The Bertz CT molecular complexity index is 5880. The number of hydrogen-bond acceptors (Lipinski definition) is 22. The van der Waals surface area contributed by atoms with Gasteiger partial charge in [-0.05, 0) is 169 Å². The van der Waals surface area contributed by atoms with E-state index in [-0.39, 0.29) is 113 Å². The number of cyclic esters (lactones) is 8. The smallest absolute Gasteiger partial charge is 0.346 e. The third kappa shape index (κ3) is 11.5. The summed E-state index contributed by atoms with van der Waals surface area (Å²) in [6.07, 6.45) is 0. The molecule has 0 saturated heterocycles. The van der Waals surface area contributed by atoms with Crippen molar-refractivity contribution in [2.24, 2.45) is 0 Å². The minimum Gasteiger partial charge on any atom is -0.386 e. The fourth-order valence-corrected chi connectivity index (χ4v) is 13.0. The number of rotatable bonds is 8. The van der Waals surface area contributed by atoms with Crippen LogP contribution in [0.5, 0.6) is 0 Å². The molecule has 0 saturated carbocycles. The number of ketones is 2. The topological polar surface area (TPSA) is 366 Å². The van der Waals surface area contributed by atoms with E-state index in [0.717, 1.165) is 20.9 Å². The summed E-state index contributed by atoms with van der Waals surface area (Å²) < 4.78 is 18.0. The van der Waals surface area contributed by atoms with E-state index in [2.05, 4.69) is 24.3 Å². The average Bonchev–Trinajstić information content (AvgIpc) is 1.62. The zero-order valence-corrected chi connectivity index (χ0v) is 55.3. The van der Waals surface area contributed by atoms with E-state index in [1.807, 2.05) is 26.0 Å². The number of aryl methyl sites for hydroxylation is 2. The number of fused-ring (bicyclic) bond motifs is 8. The summed E-state index contributed by atoms with van der Waals surface area (Å²) in [7, 11) is 1.45. The first-order valence-electron chi connectivity index (χ1n) is 32.1. The molecule has 0 atom stereocenters. The van der Waals surface area contributed by atoms with Crippen LogP contribution in [0.2, 0.25) is 0 Å². The van der Waals surface area contributed by atoms with Gasteiger partial charge in [-0.2, -0.15) is 0 Å². The lowest BCUT2D eigenvalue weighted by Crippen LogP contribution is -2.29. The van der Waals surface area contributed by atoms with Gasteiger partial charge in [-0.25, -0.2) is 48.2 Å². The maximum atomic E-state index is 13.0. The number of carbonyl (C=O) groups excluding carboxylic acids is 18. The van der Waals surface area contributed by atoms with E-state index in [1.165, 1.54) is 109 Å². The molecule has 0 radical (unpaired) electrons. The second-order valence-corrected chi connectivity index (χ2v) is 25.0. The van der Waals surface area contributed by atoms with Gasteiger partial charge in [0, 0.05) is 29.3 Å². The largest absolute Gasteiger partial charge is 0.386 e. The Kier molecular flexibility index (Phi) is 16.2. The number of carbonyl (C=O) groups is 18. The normalized spacial score (nSPS) is 15.0. The summed E-state index contributed by atoms with van der Waals surface area (Å²) in [5.41, 5.74) is 9.30. The Labute approximate surface area is 600 Å². The predicted octanol–water partition coefficient (Wildman–Crippen LogP) is 10.1. The van der Waals surface area contributed by atoms with Crippen molar-refractivity contribution in [3.05, 3.63) is 317 Å². The number of hydrogen-bond donors (Lipinski definition) is 1. The van der Waals surface area contributed by atoms with Gasteiger partial charge in [0.25, 0.3) is 47.3 Å². The molecular weight excluding hydrogens is 1380 g/mol. The summed E-state index contributed by atoms with van der Waals surface area (Å²) in [6.45, 7) is 3.76. The Morgan fingerprint density at radius 2 is 0.523 bits per heavy atom. The molecule has 8 aliphatic heterocycles. The van der Waals surface area contributed by atoms with Crippen LogP contribution in [0.15, 0.2) is 194 Å². The van der Waals surface area contributed by atoms with Crippen LogP contribution in [0.4, 0.5) is 11.4 Å².